The molecule has 0 radical (unpaired) electrons. The Bertz CT molecular complexity index is 158. The van der Waals surface area contributed by atoms with Crippen molar-refractivity contribution in [2.24, 2.45) is 17.3 Å². The fourth-order valence-corrected chi connectivity index (χ4v) is 6.74. The van der Waals surface area contributed by atoms with Gasteiger partial charge in [0.15, 0.2) is 0 Å². The Balaban J connectivity index is 1.77. The molecule has 0 nitrogen and oxygen atoms in total. The Hall–Kier alpha value is 0.730. The third-order valence-electron chi connectivity index (χ3n) is 3.96. The molecular formula is C10H16I-. The molecule has 0 bridgehead atoms. The van der Waals surface area contributed by atoms with E-state index in [9.17, 15) is 0 Å². The van der Waals surface area contributed by atoms with E-state index < -0.39 is 0 Å². The van der Waals surface area contributed by atoms with E-state index in [1.54, 1.807) is 41.0 Å². The summed E-state index contributed by atoms with van der Waals surface area (Å²) in [5.41, 5.74) is 0.961. The summed E-state index contributed by atoms with van der Waals surface area (Å²) in [4.78, 5) is 0. The van der Waals surface area contributed by atoms with Gasteiger partial charge in [0, 0.05) is 0 Å². The molecule has 2 unspecified atom stereocenters. The standard InChI is InChI=1S/C10H16I/c1-2-8-4-10(6-11-7-10)5-9(8)3-1/h8-9H,1-7H2/q-1. The molecule has 3 fully saturated rings. The topological polar surface area (TPSA) is 0 Å². The zero-order valence-corrected chi connectivity index (χ0v) is 9.14. The minimum absolute atomic E-state index is 0.709. The first-order valence-electron chi connectivity index (χ1n) is 4.92. The van der Waals surface area contributed by atoms with Gasteiger partial charge >= 0.3 is 79.4 Å². The normalized spacial score (nSPS) is 46.5. The molecule has 1 spiro atoms. The average Bonchev–Trinajstić information content (AvgIpc) is 2.37. The SMILES string of the molecule is C1CC2CC3(C[I-]C3)CC2C1. The van der Waals surface area contributed by atoms with Crippen LogP contribution in [0.3, 0.4) is 0 Å². The van der Waals surface area contributed by atoms with Crippen molar-refractivity contribution < 1.29 is 21.2 Å². The first kappa shape index (κ1) is 7.16. The van der Waals surface area contributed by atoms with Gasteiger partial charge in [-0.25, -0.2) is 0 Å². The summed E-state index contributed by atoms with van der Waals surface area (Å²) >= 11 is 0.709. The van der Waals surface area contributed by atoms with Crippen LogP contribution in [0.5, 0.6) is 0 Å². The Morgan fingerprint density at radius 1 is 1.00 bits per heavy atom. The van der Waals surface area contributed by atoms with Crippen LogP contribution in [0.4, 0.5) is 0 Å². The van der Waals surface area contributed by atoms with E-state index in [0.717, 1.165) is 5.41 Å². The van der Waals surface area contributed by atoms with Gasteiger partial charge in [0.1, 0.15) is 0 Å². The summed E-state index contributed by atoms with van der Waals surface area (Å²) in [7, 11) is 0. The Morgan fingerprint density at radius 2 is 1.64 bits per heavy atom. The average molecular weight is 263 g/mol. The molecule has 2 atom stereocenters. The van der Waals surface area contributed by atoms with Crippen molar-refractivity contribution in [1.82, 2.24) is 0 Å². The Kier molecular flexibility index (Phi) is 1.54. The fourth-order valence-electron chi connectivity index (χ4n) is 3.43. The molecule has 2 saturated carbocycles. The summed E-state index contributed by atoms with van der Waals surface area (Å²) < 4.78 is 3.39. The first-order valence-corrected chi connectivity index (χ1v) is 7.97. The minimum atomic E-state index is 0.709. The van der Waals surface area contributed by atoms with Crippen molar-refractivity contribution in [2.75, 3.05) is 8.86 Å². The van der Waals surface area contributed by atoms with E-state index >= 15 is 0 Å². The quantitative estimate of drug-likeness (QED) is 0.400. The van der Waals surface area contributed by atoms with Crippen molar-refractivity contribution in [3.63, 3.8) is 0 Å². The molecule has 0 aromatic heterocycles. The van der Waals surface area contributed by atoms with E-state index in [1.807, 2.05) is 0 Å². The van der Waals surface area contributed by atoms with Gasteiger partial charge in [-0.2, -0.15) is 0 Å². The molecule has 2 aliphatic carbocycles. The van der Waals surface area contributed by atoms with E-state index in [2.05, 4.69) is 0 Å². The second kappa shape index (κ2) is 2.36. The molecule has 11 heavy (non-hydrogen) atoms. The maximum atomic E-state index is 1.69. The first-order chi connectivity index (χ1) is 5.38. The van der Waals surface area contributed by atoms with Gasteiger partial charge in [-0.05, 0) is 0 Å². The molecule has 0 N–H and O–H groups in total. The molecule has 0 amide bonds. The summed E-state index contributed by atoms with van der Waals surface area (Å²) in [5.74, 6) is 2.39. The second-order valence-electron chi connectivity index (χ2n) is 4.82. The van der Waals surface area contributed by atoms with Crippen LogP contribution in [-0.2, 0) is 0 Å². The summed E-state index contributed by atoms with van der Waals surface area (Å²) in [5, 5.41) is 0. The molecule has 0 aromatic rings. The van der Waals surface area contributed by atoms with Crippen molar-refractivity contribution >= 4 is 0 Å². The molecule has 64 valence electrons. The number of halogens is 1. The third-order valence-corrected chi connectivity index (χ3v) is 8.28. The van der Waals surface area contributed by atoms with Gasteiger partial charge < -0.3 is 0 Å². The summed E-state index contributed by atoms with van der Waals surface area (Å²) in [6.07, 6.45) is 8.03. The zero-order valence-electron chi connectivity index (χ0n) is 6.98. The zero-order chi connectivity index (χ0) is 7.31. The molecular weight excluding hydrogens is 247 g/mol. The summed E-state index contributed by atoms with van der Waals surface area (Å²) in [6.45, 7) is 0. The van der Waals surface area contributed by atoms with Crippen LogP contribution >= 0.6 is 0 Å². The predicted molar refractivity (Wildman–Crippen MR) is 42.2 cm³/mol. The van der Waals surface area contributed by atoms with Crippen LogP contribution in [0.1, 0.15) is 32.1 Å². The van der Waals surface area contributed by atoms with Gasteiger partial charge in [0.2, 0.25) is 0 Å². The number of hydrogen-bond donors (Lipinski definition) is 0. The Labute approximate surface area is 79.4 Å². The van der Waals surface area contributed by atoms with Crippen LogP contribution in [0.25, 0.3) is 0 Å². The molecule has 3 aliphatic rings. The summed E-state index contributed by atoms with van der Waals surface area (Å²) in [6, 6.07) is 0. The van der Waals surface area contributed by atoms with Crippen LogP contribution in [-0.4, -0.2) is 8.86 Å². The van der Waals surface area contributed by atoms with Gasteiger partial charge in [-0.15, -0.1) is 0 Å². The Morgan fingerprint density at radius 3 is 2.09 bits per heavy atom. The monoisotopic (exact) mass is 263 g/mol. The van der Waals surface area contributed by atoms with Gasteiger partial charge in [0.25, 0.3) is 0 Å². The maximum absolute atomic E-state index is 1.69. The van der Waals surface area contributed by atoms with Crippen LogP contribution in [0.15, 0.2) is 0 Å². The van der Waals surface area contributed by atoms with Gasteiger partial charge in [-0.3, -0.25) is 0 Å². The fraction of sp³-hybridized carbons (Fsp3) is 1.00. The predicted octanol–water partition coefficient (Wildman–Crippen LogP) is -0.714. The molecule has 1 heterocycles. The van der Waals surface area contributed by atoms with E-state index in [1.165, 1.54) is 11.8 Å². The number of alkyl halides is 2. The molecule has 0 aromatic carbocycles. The van der Waals surface area contributed by atoms with E-state index in [0.29, 0.717) is 21.2 Å². The van der Waals surface area contributed by atoms with E-state index in [-0.39, 0.29) is 0 Å². The van der Waals surface area contributed by atoms with Crippen LogP contribution < -0.4 is 21.2 Å². The number of fused-ring (bicyclic) bond motifs is 1. The van der Waals surface area contributed by atoms with E-state index in [4.69, 9.17) is 0 Å². The van der Waals surface area contributed by atoms with Crippen molar-refractivity contribution in [1.29, 1.82) is 0 Å². The number of rotatable bonds is 0. The molecule has 1 aliphatic heterocycles. The van der Waals surface area contributed by atoms with Crippen molar-refractivity contribution in [3.05, 3.63) is 0 Å². The van der Waals surface area contributed by atoms with Crippen LogP contribution in [0.2, 0.25) is 0 Å². The molecule has 1 heteroatoms. The van der Waals surface area contributed by atoms with Gasteiger partial charge in [-0.1, -0.05) is 0 Å². The molecule has 1 saturated heterocycles. The van der Waals surface area contributed by atoms with Crippen LogP contribution in [0, 0.1) is 17.3 Å². The second-order valence-corrected chi connectivity index (χ2v) is 7.42. The molecule has 3 rings (SSSR count). The van der Waals surface area contributed by atoms with Crippen molar-refractivity contribution in [3.8, 4) is 0 Å². The number of hydrogen-bond acceptors (Lipinski definition) is 0. The third kappa shape index (κ3) is 0.991. The van der Waals surface area contributed by atoms with Crippen molar-refractivity contribution in [2.45, 2.75) is 32.1 Å². The van der Waals surface area contributed by atoms with Gasteiger partial charge in [0.05, 0.1) is 0 Å².